The summed E-state index contributed by atoms with van der Waals surface area (Å²) in [5.74, 6) is 0.0877. The highest BCUT2D eigenvalue weighted by Gasteiger charge is 2.17. The highest BCUT2D eigenvalue weighted by Crippen LogP contribution is 2.24. The molecule has 0 aromatic heterocycles. The van der Waals surface area contributed by atoms with Crippen molar-refractivity contribution in [3.63, 3.8) is 0 Å². The van der Waals surface area contributed by atoms with E-state index in [0.29, 0.717) is 17.7 Å². The van der Waals surface area contributed by atoms with Crippen LogP contribution in [0.1, 0.15) is 118 Å². The lowest BCUT2D eigenvalue weighted by Gasteiger charge is -2.15. The van der Waals surface area contributed by atoms with Gasteiger partial charge in [-0.15, -0.1) is 0 Å². The fourth-order valence-electron chi connectivity index (χ4n) is 4.98. The number of ether oxygens (including phenoxy) is 3. The Kier molecular flexibility index (Phi) is 16.1. The van der Waals surface area contributed by atoms with Crippen LogP contribution in [0.25, 0.3) is 11.1 Å². The second kappa shape index (κ2) is 20.3. The van der Waals surface area contributed by atoms with Crippen LogP contribution in [-0.4, -0.2) is 31.3 Å². The van der Waals surface area contributed by atoms with Crippen molar-refractivity contribution in [1.82, 2.24) is 0 Å². The van der Waals surface area contributed by atoms with Gasteiger partial charge in [-0.3, -0.25) is 0 Å². The number of rotatable bonds is 21. The van der Waals surface area contributed by atoms with Crippen molar-refractivity contribution < 1.29 is 28.2 Å². The van der Waals surface area contributed by atoms with E-state index in [1.807, 2.05) is 36.4 Å². The van der Waals surface area contributed by atoms with Crippen LogP contribution in [0.3, 0.4) is 0 Å². The van der Waals surface area contributed by atoms with Crippen LogP contribution in [0.2, 0.25) is 0 Å². The van der Waals surface area contributed by atoms with Gasteiger partial charge in [0.15, 0.2) is 0 Å². The lowest BCUT2D eigenvalue weighted by Crippen LogP contribution is -2.20. The number of carbonyl (C=O) groups is 2. The van der Waals surface area contributed by atoms with Gasteiger partial charge in [0, 0.05) is 0 Å². The largest absolute Gasteiger partial charge is 0.494 e. The van der Waals surface area contributed by atoms with Crippen LogP contribution < -0.4 is 9.47 Å². The summed E-state index contributed by atoms with van der Waals surface area (Å²) in [6.07, 6.45) is 13.7. The van der Waals surface area contributed by atoms with Gasteiger partial charge in [-0.05, 0) is 78.9 Å². The van der Waals surface area contributed by atoms with E-state index in [4.69, 9.17) is 14.2 Å². The van der Waals surface area contributed by atoms with E-state index in [1.165, 1.54) is 75.6 Å². The predicted molar refractivity (Wildman–Crippen MR) is 175 cm³/mol. The molecule has 0 aliphatic carbocycles. The molecule has 44 heavy (non-hydrogen) atoms. The highest BCUT2D eigenvalue weighted by molar-refractivity contribution is 5.92. The fourth-order valence-corrected chi connectivity index (χ4v) is 4.98. The summed E-state index contributed by atoms with van der Waals surface area (Å²) in [6, 6.07) is 21.3. The molecule has 1 unspecified atom stereocenters. The molecule has 0 bridgehead atoms. The molecule has 0 saturated heterocycles. The zero-order valence-corrected chi connectivity index (χ0v) is 26.5. The van der Waals surface area contributed by atoms with Gasteiger partial charge in [-0.1, -0.05) is 102 Å². The van der Waals surface area contributed by atoms with Crippen molar-refractivity contribution >= 4 is 11.9 Å². The molecular weight excluding hydrogens is 555 g/mol. The summed E-state index contributed by atoms with van der Waals surface area (Å²) in [6.45, 7) is 4.42. The Balaban J connectivity index is 1.43. The van der Waals surface area contributed by atoms with Crippen LogP contribution in [0.4, 0.5) is 4.39 Å². The molecule has 0 spiro atoms. The third kappa shape index (κ3) is 12.5. The first-order valence-corrected chi connectivity index (χ1v) is 16.5. The molecule has 5 nitrogen and oxygen atoms in total. The third-order valence-corrected chi connectivity index (χ3v) is 7.70. The Hall–Kier alpha value is -3.67. The van der Waals surface area contributed by atoms with Gasteiger partial charge in [0.05, 0.1) is 17.7 Å². The Morgan fingerprint density at radius 3 is 1.66 bits per heavy atom. The van der Waals surface area contributed by atoms with Crippen LogP contribution in [0.5, 0.6) is 11.5 Å². The lowest BCUT2D eigenvalue weighted by atomic mass is 10.0. The molecule has 0 N–H and O–H groups in total. The molecular formula is C38H49FO5. The molecule has 0 aliphatic heterocycles. The average Bonchev–Trinajstić information content (AvgIpc) is 3.06. The van der Waals surface area contributed by atoms with Crippen molar-refractivity contribution in [2.75, 3.05) is 13.3 Å². The maximum absolute atomic E-state index is 13.4. The number of hydrogen-bond acceptors (Lipinski definition) is 5. The SMILES string of the molecule is CCCCCCCCOc1ccc(-c2ccc(C(=O)Oc3ccc(C(=O)OC(CF)CCCCCCCC)cc3)cc2)cc1. The van der Waals surface area contributed by atoms with Gasteiger partial charge < -0.3 is 14.2 Å². The Morgan fingerprint density at radius 2 is 1.07 bits per heavy atom. The summed E-state index contributed by atoms with van der Waals surface area (Å²) < 4.78 is 30.2. The smallest absolute Gasteiger partial charge is 0.343 e. The minimum Gasteiger partial charge on any atom is -0.494 e. The van der Waals surface area contributed by atoms with Crippen LogP contribution >= 0.6 is 0 Å². The molecule has 1 atom stereocenters. The predicted octanol–water partition coefficient (Wildman–Crippen LogP) is 10.6. The number of alkyl halides is 1. The summed E-state index contributed by atoms with van der Waals surface area (Å²) in [5.41, 5.74) is 2.71. The molecule has 0 saturated carbocycles. The summed E-state index contributed by atoms with van der Waals surface area (Å²) in [5, 5.41) is 0. The number of hydrogen-bond donors (Lipinski definition) is 0. The average molecular weight is 605 g/mol. The molecule has 238 valence electrons. The zero-order chi connectivity index (χ0) is 31.4. The Labute approximate surface area is 263 Å². The van der Waals surface area contributed by atoms with Gasteiger partial charge in [-0.2, -0.15) is 0 Å². The van der Waals surface area contributed by atoms with Gasteiger partial charge in [0.1, 0.15) is 24.3 Å². The summed E-state index contributed by atoms with van der Waals surface area (Å²) >= 11 is 0. The molecule has 3 rings (SSSR count). The van der Waals surface area contributed by atoms with Gasteiger partial charge >= 0.3 is 11.9 Å². The van der Waals surface area contributed by atoms with E-state index in [2.05, 4.69) is 13.8 Å². The van der Waals surface area contributed by atoms with Crippen LogP contribution in [0, 0.1) is 0 Å². The molecule has 3 aromatic rings. The normalized spacial score (nSPS) is 11.6. The number of unbranched alkanes of at least 4 members (excludes halogenated alkanes) is 10. The van der Waals surface area contributed by atoms with Crippen LogP contribution in [-0.2, 0) is 4.74 Å². The molecule has 0 heterocycles. The summed E-state index contributed by atoms with van der Waals surface area (Å²) in [7, 11) is 0. The maximum atomic E-state index is 13.4. The van der Waals surface area contributed by atoms with E-state index in [9.17, 15) is 14.0 Å². The fraction of sp³-hybridized carbons (Fsp3) is 0.474. The topological polar surface area (TPSA) is 61.8 Å². The highest BCUT2D eigenvalue weighted by atomic mass is 19.1. The number of benzene rings is 3. The molecule has 6 heteroatoms. The van der Waals surface area contributed by atoms with E-state index < -0.39 is 24.7 Å². The molecule has 3 aromatic carbocycles. The van der Waals surface area contributed by atoms with Crippen molar-refractivity contribution in [3.8, 4) is 22.6 Å². The Bertz CT molecular complexity index is 1220. The van der Waals surface area contributed by atoms with E-state index >= 15 is 0 Å². The van der Waals surface area contributed by atoms with Crippen LogP contribution in [0.15, 0.2) is 72.8 Å². The first kappa shape index (κ1) is 34.8. The Morgan fingerprint density at radius 1 is 0.591 bits per heavy atom. The van der Waals surface area contributed by atoms with E-state index in [-0.39, 0.29) is 5.56 Å². The number of halogens is 1. The minimum absolute atomic E-state index is 0.286. The summed E-state index contributed by atoms with van der Waals surface area (Å²) in [4.78, 5) is 25.2. The standard InChI is InChI=1S/C38H49FO5/c1-3-5-7-9-11-13-15-36(29-39)44-38(41)33-22-26-35(27-23-33)43-37(40)32-18-16-30(17-19-32)31-20-24-34(25-21-31)42-28-14-12-10-8-6-4-2/h16-27,36H,3-15,28-29H2,1-2H3. The zero-order valence-electron chi connectivity index (χ0n) is 26.5. The third-order valence-electron chi connectivity index (χ3n) is 7.70. The van der Waals surface area contributed by atoms with Gasteiger partial charge in [0.25, 0.3) is 0 Å². The van der Waals surface area contributed by atoms with Gasteiger partial charge in [0.2, 0.25) is 0 Å². The van der Waals surface area contributed by atoms with Crippen molar-refractivity contribution in [2.24, 2.45) is 0 Å². The second-order valence-electron chi connectivity index (χ2n) is 11.4. The first-order valence-electron chi connectivity index (χ1n) is 16.5. The quantitative estimate of drug-likeness (QED) is 0.0688. The molecule has 0 fully saturated rings. The minimum atomic E-state index is -0.740. The number of esters is 2. The number of carbonyl (C=O) groups excluding carboxylic acids is 2. The van der Waals surface area contributed by atoms with Crippen molar-refractivity contribution in [3.05, 3.63) is 83.9 Å². The maximum Gasteiger partial charge on any atom is 0.343 e. The van der Waals surface area contributed by atoms with E-state index in [0.717, 1.165) is 49.2 Å². The molecule has 0 aliphatic rings. The molecule has 0 amide bonds. The monoisotopic (exact) mass is 604 g/mol. The second-order valence-corrected chi connectivity index (χ2v) is 11.4. The van der Waals surface area contributed by atoms with E-state index in [1.54, 1.807) is 12.1 Å². The molecule has 0 radical (unpaired) electrons. The van der Waals surface area contributed by atoms with Gasteiger partial charge in [-0.25, -0.2) is 14.0 Å². The first-order chi connectivity index (χ1) is 21.5. The van der Waals surface area contributed by atoms with Crippen molar-refractivity contribution in [2.45, 2.75) is 103 Å². The van der Waals surface area contributed by atoms with Crippen molar-refractivity contribution in [1.29, 1.82) is 0 Å². The lowest BCUT2D eigenvalue weighted by molar-refractivity contribution is 0.0211.